The van der Waals surface area contributed by atoms with E-state index in [0.29, 0.717) is 23.3 Å². The number of carbonyl (C=O) groups is 2. The van der Waals surface area contributed by atoms with Crippen molar-refractivity contribution in [1.29, 1.82) is 0 Å². The highest BCUT2D eigenvalue weighted by atomic mass is 19.2. The number of hydrogen-bond acceptors (Lipinski definition) is 2. The Balaban J connectivity index is 1.81. The Kier molecular flexibility index (Phi) is 4.66. The van der Waals surface area contributed by atoms with Gasteiger partial charge in [0.25, 0.3) is 0 Å². The molecule has 0 aliphatic rings. The molecule has 0 aliphatic carbocycles. The Morgan fingerprint density at radius 2 is 1.73 bits per heavy atom. The molecule has 5 nitrogen and oxygen atoms in total. The van der Waals surface area contributed by atoms with Crippen LogP contribution in [0.2, 0.25) is 0 Å². The molecule has 0 atom stereocenters. The first-order valence-corrected chi connectivity index (χ1v) is 7.65. The van der Waals surface area contributed by atoms with Crippen LogP contribution in [0.3, 0.4) is 0 Å². The Morgan fingerprint density at radius 3 is 2.38 bits per heavy atom. The fourth-order valence-electron chi connectivity index (χ4n) is 2.64. The summed E-state index contributed by atoms with van der Waals surface area (Å²) in [6.45, 7) is 1.26. The Hall–Kier alpha value is -3.29. The first-order valence-electron chi connectivity index (χ1n) is 7.65. The second-order valence-electron chi connectivity index (χ2n) is 5.67. The van der Waals surface area contributed by atoms with Gasteiger partial charge < -0.3 is 15.2 Å². The predicted molar refractivity (Wildman–Crippen MR) is 91.2 cm³/mol. The number of rotatable bonds is 4. The van der Waals surface area contributed by atoms with Gasteiger partial charge in [0, 0.05) is 36.3 Å². The summed E-state index contributed by atoms with van der Waals surface area (Å²) in [6.07, 6.45) is 1.65. The summed E-state index contributed by atoms with van der Waals surface area (Å²) >= 11 is 0. The minimum atomic E-state index is -1.59. The largest absolute Gasteiger partial charge is 0.338 e. The molecule has 1 heterocycles. The lowest BCUT2D eigenvalue weighted by molar-refractivity contribution is -0.116. The van der Waals surface area contributed by atoms with E-state index in [2.05, 4.69) is 10.6 Å². The standard InChI is InChI=1S/C18H14F3N3O2/c1-10(25)22-15-3-2-4-16-12(15)5-6-24(16)9-17(26)23-11-7-13(19)18(21)14(20)8-11/h2-8H,9H2,1H3,(H,22,25)(H,23,26). The molecule has 134 valence electrons. The van der Waals surface area contributed by atoms with Gasteiger partial charge >= 0.3 is 0 Å². The maximum absolute atomic E-state index is 13.2. The zero-order valence-corrected chi connectivity index (χ0v) is 13.6. The topological polar surface area (TPSA) is 63.1 Å². The van der Waals surface area contributed by atoms with E-state index in [4.69, 9.17) is 0 Å². The molecule has 1 aromatic heterocycles. The minimum Gasteiger partial charge on any atom is -0.338 e. The molecule has 0 bridgehead atoms. The normalized spacial score (nSPS) is 10.8. The van der Waals surface area contributed by atoms with E-state index in [1.165, 1.54) is 6.92 Å². The number of amides is 2. The molecule has 26 heavy (non-hydrogen) atoms. The van der Waals surface area contributed by atoms with Crippen LogP contribution < -0.4 is 10.6 Å². The van der Waals surface area contributed by atoms with Crippen molar-refractivity contribution < 1.29 is 22.8 Å². The van der Waals surface area contributed by atoms with Crippen molar-refractivity contribution in [2.75, 3.05) is 10.6 Å². The van der Waals surface area contributed by atoms with E-state index >= 15 is 0 Å². The van der Waals surface area contributed by atoms with Crippen LogP contribution in [0, 0.1) is 17.5 Å². The molecule has 0 radical (unpaired) electrons. The van der Waals surface area contributed by atoms with E-state index < -0.39 is 23.4 Å². The molecule has 0 unspecified atom stereocenters. The van der Waals surface area contributed by atoms with Gasteiger partial charge in [-0.25, -0.2) is 13.2 Å². The zero-order chi connectivity index (χ0) is 18.8. The maximum Gasteiger partial charge on any atom is 0.244 e. The summed E-state index contributed by atoms with van der Waals surface area (Å²) in [5, 5.41) is 5.77. The second kappa shape index (κ2) is 6.91. The molecule has 0 saturated carbocycles. The zero-order valence-electron chi connectivity index (χ0n) is 13.6. The average molecular weight is 361 g/mol. The highest BCUT2D eigenvalue weighted by molar-refractivity contribution is 6.01. The van der Waals surface area contributed by atoms with Gasteiger partial charge in [-0.1, -0.05) is 6.07 Å². The first kappa shape index (κ1) is 17.5. The lowest BCUT2D eigenvalue weighted by Gasteiger charge is -2.09. The summed E-state index contributed by atoms with van der Waals surface area (Å²) in [5.74, 6) is -5.12. The lowest BCUT2D eigenvalue weighted by Crippen LogP contribution is -2.18. The molecule has 0 spiro atoms. The highest BCUT2D eigenvalue weighted by Crippen LogP contribution is 2.25. The fraction of sp³-hybridized carbons (Fsp3) is 0.111. The Morgan fingerprint density at radius 1 is 1.04 bits per heavy atom. The number of fused-ring (bicyclic) bond motifs is 1. The van der Waals surface area contributed by atoms with Crippen molar-refractivity contribution in [2.45, 2.75) is 13.5 Å². The first-order chi connectivity index (χ1) is 12.3. The quantitative estimate of drug-likeness (QED) is 0.697. The van der Waals surface area contributed by atoms with Gasteiger partial charge in [-0.15, -0.1) is 0 Å². The van der Waals surface area contributed by atoms with Crippen LogP contribution in [0.25, 0.3) is 10.9 Å². The number of carbonyl (C=O) groups excluding carboxylic acids is 2. The van der Waals surface area contributed by atoms with Crippen molar-refractivity contribution in [1.82, 2.24) is 4.57 Å². The van der Waals surface area contributed by atoms with Crippen molar-refractivity contribution in [3.05, 3.63) is 60.0 Å². The summed E-state index contributed by atoms with van der Waals surface area (Å²) in [6, 6.07) is 8.39. The monoisotopic (exact) mass is 361 g/mol. The summed E-state index contributed by atoms with van der Waals surface area (Å²) < 4.78 is 41.0. The molecule has 8 heteroatoms. The van der Waals surface area contributed by atoms with Gasteiger partial charge in [0.2, 0.25) is 11.8 Å². The van der Waals surface area contributed by atoms with Crippen LogP contribution in [0.1, 0.15) is 6.92 Å². The Bertz CT molecular complexity index is 991. The van der Waals surface area contributed by atoms with Gasteiger partial charge in [-0.05, 0) is 18.2 Å². The number of nitrogens with one attached hydrogen (secondary N) is 2. The molecule has 2 N–H and O–H groups in total. The number of hydrogen-bond donors (Lipinski definition) is 2. The lowest BCUT2D eigenvalue weighted by atomic mass is 10.2. The second-order valence-corrected chi connectivity index (χ2v) is 5.67. The summed E-state index contributed by atoms with van der Waals surface area (Å²) in [4.78, 5) is 23.4. The maximum atomic E-state index is 13.2. The van der Waals surface area contributed by atoms with Crippen molar-refractivity contribution in [2.24, 2.45) is 0 Å². The number of anilines is 2. The van der Waals surface area contributed by atoms with E-state index in [0.717, 1.165) is 5.39 Å². The van der Waals surface area contributed by atoms with E-state index in [9.17, 15) is 22.8 Å². The third-order valence-electron chi connectivity index (χ3n) is 3.71. The number of benzene rings is 2. The third-order valence-corrected chi connectivity index (χ3v) is 3.71. The molecular weight excluding hydrogens is 347 g/mol. The van der Waals surface area contributed by atoms with Gasteiger partial charge in [0.05, 0.1) is 11.2 Å². The van der Waals surface area contributed by atoms with E-state index in [1.807, 2.05) is 0 Å². The molecule has 2 amide bonds. The van der Waals surface area contributed by atoms with Gasteiger partial charge in [0.15, 0.2) is 17.5 Å². The van der Waals surface area contributed by atoms with Crippen LogP contribution >= 0.6 is 0 Å². The number of aromatic nitrogens is 1. The fourth-order valence-corrected chi connectivity index (χ4v) is 2.64. The molecule has 0 fully saturated rings. The smallest absolute Gasteiger partial charge is 0.244 e. The van der Waals surface area contributed by atoms with Crippen molar-refractivity contribution in [3.8, 4) is 0 Å². The molecule has 2 aromatic carbocycles. The summed E-state index contributed by atoms with van der Waals surface area (Å²) in [5.41, 5.74) is 1.13. The molecule has 0 aliphatic heterocycles. The van der Waals surface area contributed by atoms with Crippen LogP contribution in [0.4, 0.5) is 24.5 Å². The van der Waals surface area contributed by atoms with E-state index in [1.54, 1.807) is 35.0 Å². The highest BCUT2D eigenvalue weighted by Gasteiger charge is 2.13. The number of halogens is 3. The molecule has 0 saturated heterocycles. The van der Waals surface area contributed by atoms with Gasteiger partial charge in [-0.2, -0.15) is 0 Å². The predicted octanol–water partition coefficient (Wildman–Crippen LogP) is 3.66. The van der Waals surface area contributed by atoms with Crippen LogP contribution in [0.5, 0.6) is 0 Å². The van der Waals surface area contributed by atoms with Gasteiger partial charge in [0.1, 0.15) is 6.54 Å². The third kappa shape index (κ3) is 3.53. The average Bonchev–Trinajstić information content (AvgIpc) is 2.96. The molecule has 3 rings (SSSR count). The molecule has 3 aromatic rings. The Labute approximate surface area is 146 Å². The van der Waals surface area contributed by atoms with Crippen molar-refractivity contribution in [3.63, 3.8) is 0 Å². The van der Waals surface area contributed by atoms with E-state index in [-0.39, 0.29) is 18.1 Å². The number of nitrogens with zero attached hydrogens (tertiary/aromatic N) is 1. The van der Waals surface area contributed by atoms with Crippen LogP contribution in [-0.4, -0.2) is 16.4 Å². The molecular formula is C18H14F3N3O2. The minimum absolute atomic E-state index is 0.131. The van der Waals surface area contributed by atoms with Crippen molar-refractivity contribution >= 4 is 34.1 Å². The summed E-state index contributed by atoms with van der Waals surface area (Å²) in [7, 11) is 0. The van der Waals surface area contributed by atoms with Crippen LogP contribution in [-0.2, 0) is 16.1 Å². The SMILES string of the molecule is CC(=O)Nc1cccc2c1ccn2CC(=O)Nc1cc(F)c(F)c(F)c1. The van der Waals surface area contributed by atoms with Crippen LogP contribution in [0.15, 0.2) is 42.6 Å². The van der Waals surface area contributed by atoms with Gasteiger partial charge in [-0.3, -0.25) is 9.59 Å².